The number of allylic oxidation sites excluding steroid dienone is 2. The maximum Gasteiger partial charge on any atom is 0.306 e. The first-order chi connectivity index (χ1) is 6.59. The van der Waals surface area contributed by atoms with E-state index in [-0.39, 0.29) is 11.7 Å². The Morgan fingerprint density at radius 1 is 1.43 bits per heavy atom. The van der Waals surface area contributed by atoms with Gasteiger partial charge in [-0.05, 0) is 44.9 Å². The van der Waals surface area contributed by atoms with E-state index in [1.54, 1.807) is 6.08 Å². The molecule has 0 unspecified atom stereocenters. The Bertz CT molecular complexity index is 223. The summed E-state index contributed by atoms with van der Waals surface area (Å²) in [7, 11) is 0. The fourth-order valence-corrected chi connectivity index (χ4v) is 1.97. The zero-order valence-electron chi connectivity index (χ0n) is 8.50. The molecule has 0 aromatic heterocycles. The molecular weight excluding hydrogens is 183 g/mol. The normalized spacial score (nSPS) is 28.9. The lowest BCUT2D eigenvalue weighted by Gasteiger charge is -2.24. The van der Waals surface area contributed by atoms with E-state index >= 15 is 0 Å². The van der Waals surface area contributed by atoms with Crippen LogP contribution in [0, 0.1) is 11.8 Å². The fourth-order valence-electron chi connectivity index (χ4n) is 1.97. The maximum absolute atomic E-state index is 12.4. The number of hydrogen-bond donors (Lipinski definition) is 1. The number of halogens is 1. The first kappa shape index (κ1) is 11.2. The summed E-state index contributed by atoms with van der Waals surface area (Å²) in [6, 6.07) is 0. The van der Waals surface area contributed by atoms with Crippen molar-refractivity contribution in [3.8, 4) is 0 Å². The molecule has 0 heterocycles. The molecule has 0 amide bonds. The highest BCUT2D eigenvalue weighted by molar-refractivity contribution is 5.69. The quantitative estimate of drug-likeness (QED) is 0.759. The predicted octanol–water partition coefficient (Wildman–Crippen LogP) is 3.14. The molecular formula is C11H17FO2. The molecule has 3 heteroatoms. The van der Waals surface area contributed by atoms with Gasteiger partial charge in [-0.15, -0.1) is 0 Å². The molecule has 14 heavy (non-hydrogen) atoms. The molecule has 0 aromatic rings. The van der Waals surface area contributed by atoms with E-state index in [1.165, 1.54) is 6.92 Å². The summed E-state index contributed by atoms with van der Waals surface area (Å²) < 4.78 is 12.4. The highest BCUT2D eigenvalue weighted by Gasteiger charge is 2.25. The molecule has 1 aliphatic carbocycles. The Hall–Kier alpha value is -0.860. The zero-order chi connectivity index (χ0) is 10.6. The van der Waals surface area contributed by atoms with E-state index in [0.29, 0.717) is 5.92 Å². The van der Waals surface area contributed by atoms with Gasteiger partial charge in [0.1, 0.15) is 0 Å². The summed E-state index contributed by atoms with van der Waals surface area (Å²) in [6.45, 7) is 1.45. The molecule has 80 valence electrons. The van der Waals surface area contributed by atoms with Crippen LogP contribution in [0.25, 0.3) is 0 Å². The van der Waals surface area contributed by atoms with Crippen molar-refractivity contribution in [1.29, 1.82) is 0 Å². The smallest absolute Gasteiger partial charge is 0.306 e. The third-order valence-electron chi connectivity index (χ3n) is 2.93. The molecule has 1 rings (SSSR count). The molecule has 0 aromatic carbocycles. The van der Waals surface area contributed by atoms with Crippen LogP contribution in [0.5, 0.6) is 0 Å². The van der Waals surface area contributed by atoms with Gasteiger partial charge in [-0.3, -0.25) is 4.79 Å². The van der Waals surface area contributed by atoms with E-state index in [4.69, 9.17) is 5.11 Å². The van der Waals surface area contributed by atoms with Crippen LogP contribution in [0.2, 0.25) is 0 Å². The molecule has 0 radical (unpaired) electrons. The Balaban J connectivity index is 2.29. The molecule has 1 saturated carbocycles. The van der Waals surface area contributed by atoms with Crippen molar-refractivity contribution in [2.45, 2.75) is 39.0 Å². The largest absolute Gasteiger partial charge is 0.481 e. The van der Waals surface area contributed by atoms with Gasteiger partial charge in [0.25, 0.3) is 0 Å². The molecule has 2 nitrogen and oxygen atoms in total. The van der Waals surface area contributed by atoms with Crippen LogP contribution in [-0.2, 0) is 4.79 Å². The summed E-state index contributed by atoms with van der Waals surface area (Å²) in [6.07, 6.45) is 5.69. The highest BCUT2D eigenvalue weighted by Crippen LogP contribution is 2.31. The summed E-state index contributed by atoms with van der Waals surface area (Å²) >= 11 is 0. The third-order valence-corrected chi connectivity index (χ3v) is 2.93. The van der Waals surface area contributed by atoms with Crippen molar-refractivity contribution in [2.75, 3.05) is 0 Å². The minimum atomic E-state index is -0.680. The van der Waals surface area contributed by atoms with Crippen LogP contribution in [-0.4, -0.2) is 11.1 Å². The lowest BCUT2D eigenvalue weighted by Crippen LogP contribution is -2.21. The number of carboxylic acid groups (broad SMARTS) is 1. The van der Waals surface area contributed by atoms with Gasteiger partial charge in [-0.2, -0.15) is 0 Å². The molecule has 0 spiro atoms. The topological polar surface area (TPSA) is 37.3 Å². The van der Waals surface area contributed by atoms with Gasteiger partial charge < -0.3 is 5.11 Å². The Morgan fingerprint density at radius 3 is 2.43 bits per heavy atom. The minimum absolute atomic E-state index is 0.134. The average molecular weight is 200 g/mol. The van der Waals surface area contributed by atoms with Crippen molar-refractivity contribution in [1.82, 2.24) is 0 Å². The van der Waals surface area contributed by atoms with Crippen molar-refractivity contribution >= 4 is 5.97 Å². The van der Waals surface area contributed by atoms with Gasteiger partial charge in [0.15, 0.2) is 0 Å². The highest BCUT2D eigenvalue weighted by atomic mass is 19.1. The van der Waals surface area contributed by atoms with Crippen LogP contribution >= 0.6 is 0 Å². The SMILES string of the molecule is C/C(F)=C/CC1CCC(C(=O)O)CC1. The van der Waals surface area contributed by atoms with Crippen LogP contribution in [0.3, 0.4) is 0 Å². The maximum atomic E-state index is 12.4. The number of carbonyl (C=O) groups is 1. The van der Waals surface area contributed by atoms with Crippen molar-refractivity contribution in [3.63, 3.8) is 0 Å². The fraction of sp³-hybridized carbons (Fsp3) is 0.727. The Morgan fingerprint density at radius 2 is 2.00 bits per heavy atom. The second kappa shape index (κ2) is 5.13. The molecule has 0 aliphatic heterocycles. The van der Waals surface area contributed by atoms with Crippen molar-refractivity contribution in [3.05, 3.63) is 11.9 Å². The summed E-state index contributed by atoms with van der Waals surface area (Å²) in [5.74, 6) is -0.496. The lowest BCUT2D eigenvalue weighted by atomic mass is 9.80. The molecule has 0 bridgehead atoms. The second-order valence-electron chi connectivity index (χ2n) is 4.08. The van der Waals surface area contributed by atoms with Crippen molar-refractivity contribution in [2.24, 2.45) is 11.8 Å². The van der Waals surface area contributed by atoms with Crippen LogP contribution in [0.4, 0.5) is 4.39 Å². The number of aliphatic carboxylic acids is 1. The zero-order valence-corrected chi connectivity index (χ0v) is 8.50. The van der Waals surface area contributed by atoms with Gasteiger partial charge in [-0.1, -0.05) is 6.08 Å². The van der Waals surface area contributed by atoms with Gasteiger partial charge in [-0.25, -0.2) is 4.39 Å². The molecule has 1 N–H and O–H groups in total. The standard InChI is InChI=1S/C11H17FO2/c1-8(12)2-3-9-4-6-10(7-5-9)11(13)14/h2,9-10H,3-7H2,1H3,(H,13,14)/b8-2-. The monoisotopic (exact) mass is 200 g/mol. The first-order valence-corrected chi connectivity index (χ1v) is 5.14. The number of hydrogen-bond acceptors (Lipinski definition) is 1. The molecule has 0 saturated heterocycles. The average Bonchev–Trinajstić information content (AvgIpc) is 2.15. The third kappa shape index (κ3) is 3.48. The van der Waals surface area contributed by atoms with Gasteiger partial charge in [0.2, 0.25) is 0 Å². The summed E-state index contributed by atoms with van der Waals surface area (Å²) in [5, 5.41) is 8.77. The molecule has 1 aliphatic rings. The van der Waals surface area contributed by atoms with Crippen LogP contribution < -0.4 is 0 Å². The number of carboxylic acids is 1. The van der Waals surface area contributed by atoms with Gasteiger partial charge in [0.05, 0.1) is 11.7 Å². The lowest BCUT2D eigenvalue weighted by molar-refractivity contribution is -0.143. The van der Waals surface area contributed by atoms with Crippen LogP contribution in [0.1, 0.15) is 39.0 Å². The van der Waals surface area contributed by atoms with Gasteiger partial charge >= 0.3 is 5.97 Å². The van der Waals surface area contributed by atoms with E-state index < -0.39 is 5.97 Å². The molecule has 0 atom stereocenters. The van der Waals surface area contributed by atoms with Gasteiger partial charge in [0, 0.05) is 0 Å². The number of rotatable bonds is 3. The van der Waals surface area contributed by atoms with Crippen molar-refractivity contribution < 1.29 is 14.3 Å². The summed E-state index contributed by atoms with van der Waals surface area (Å²) in [4.78, 5) is 10.7. The van der Waals surface area contributed by atoms with E-state index in [2.05, 4.69) is 0 Å². The van der Waals surface area contributed by atoms with Crippen LogP contribution in [0.15, 0.2) is 11.9 Å². The van der Waals surface area contributed by atoms with E-state index in [9.17, 15) is 9.18 Å². The Labute approximate surface area is 83.8 Å². The second-order valence-corrected chi connectivity index (χ2v) is 4.08. The molecule has 1 fully saturated rings. The predicted molar refractivity (Wildman–Crippen MR) is 52.6 cm³/mol. The first-order valence-electron chi connectivity index (χ1n) is 5.14. The Kier molecular flexibility index (Phi) is 4.11. The van der Waals surface area contributed by atoms with E-state index in [0.717, 1.165) is 32.1 Å². The van der Waals surface area contributed by atoms with E-state index in [1.807, 2.05) is 0 Å². The minimum Gasteiger partial charge on any atom is -0.481 e. The summed E-state index contributed by atoms with van der Waals surface area (Å²) in [5.41, 5.74) is 0.